The third kappa shape index (κ3) is 4.04. The van der Waals surface area contributed by atoms with Gasteiger partial charge >= 0.3 is 5.97 Å². The maximum absolute atomic E-state index is 11.5. The standard InChI is InChI=1S/C19H24N2O3/c1-23-19(22)16-8-6-15(7-9-16)13-20-14-17(18-5-4-12-24-18)21-10-2-3-11-21/h4-9,12,17,20H,2-3,10-11,13-14H2,1H3. The average molecular weight is 328 g/mol. The molecule has 3 rings (SSSR count). The van der Waals surface area contributed by atoms with Crippen LogP contribution in [-0.4, -0.2) is 37.6 Å². The fourth-order valence-corrected chi connectivity index (χ4v) is 3.17. The van der Waals surface area contributed by atoms with Crippen molar-refractivity contribution in [2.75, 3.05) is 26.7 Å². The van der Waals surface area contributed by atoms with E-state index in [4.69, 9.17) is 9.15 Å². The number of rotatable bonds is 7. The van der Waals surface area contributed by atoms with Crippen molar-refractivity contribution in [1.82, 2.24) is 10.2 Å². The van der Waals surface area contributed by atoms with Gasteiger partial charge in [-0.2, -0.15) is 0 Å². The third-order valence-corrected chi connectivity index (χ3v) is 4.49. The molecule has 1 aromatic heterocycles. The minimum Gasteiger partial charge on any atom is -0.468 e. The predicted molar refractivity (Wildman–Crippen MR) is 91.7 cm³/mol. The van der Waals surface area contributed by atoms with Gasteiger partial charge < -0.3 is 14.5 Å². The monoisotopic (exact) mass is 328 g/mol. The zero-order valence-electron chi connectivity index (χ0n) is 14.0. The molecule has 0 aliphatic carbocycles. The lowest BCUT2D eigenvalue weighted by atomic mass is 10.1. The van der Waals surface area contributed by atoms with Gasteiger partial charge in [-0.3, -0.25) is 4.90 Å². The van der Waals surface area contributed by atoms with Crippen LogP contribution in [0.25, 0.3) is 0 Å². The molecular weight excluding hydrogens is 304 g/mol. The normalized spacial score (nSPS) is 16.2. The van der Waals surface area contributed by atoms with Gasteiger partial charge in [0.1, 0.15) is 5.76 Å². The number of furan rings is 1. The second-order valence-electron chi connectivity index (χ2n) is 6.09. The minimum absolute atomic E-state index is 0.275. The smallest absolute Gasteiger partial charge is 0.337 e. The highest BCUT2D eigenvalue weighted by Crippen LogP contribution is 2.24. The molecular formula is C19H24N2O3. The van der Waals surface area contributed by atoms with Crippen LogP contribution in [0.2, 0.25) is 0 Å². The van der Waals surface area contributed by atoms with Crippen molar-refractivity contribution in [2.24, 2.45) is 0 Å². The van der Waals surface area contributed by atoms with Crippen LogP contribution in [0.4, 0.5) is 0 Å². The first-order valence-corrected chi connectivity index (χ1v) is 8.43. The molecule has 1 N–H and O–H groups in total. The van der Waals surface area contributed by atoms with E-state index in [1.165, 1.54) is 20.0 Å². The Kier molecular flexibility index (Phi) is 5.67. The summed E-state index contributed by atoms with van der Waals surface area (Å²) in [5.74, 6) is 0.715. The Bertz CT molecular complexity index is 631. The first-order chi connectivity index (χ1) is 11.8. The second-order valence-corrected chi connectivity index (χ2v) is 6.09. The van der Waals surface area contributed by atoms with Crippen LogP contribution in [0.15, 0.2) is 47.1 Å². The summed E-state index contributed by atoms with van der Waals surface area (Å²) in [5, 5.41) is 3.51. The number of hydrogen-bond acceptors (Lipinski definition) is 5. The van der Waals surface area contributed by atoms with Gasteiger partial charge in [0.2, 0.25) is 0 Å². The summed E-state index contributed by atoms with van der Waals surface area (Å²) in [4.78, 5) is 13.9. The summed E-state index contributed by atoms with van der Waals surface area (Å²) in [7, 11) is 1.39. The Morgan fingerprint density at radius 3 is 2.62 bits per heavy atom. The molecule has 1 unspecified atom stereocenters. The van der Waals surface area contributed by atoms with Crippen molar-refractivity contribution in [1.29, 1.82) is 0 Å². The lowest BCUT2D eigenvalue weighted by Crippen LogP contribution is -2.33. The molecule has 24 heavy (non-hydrogen) atoms. The van der Waals surface area contributed by atoms with E-state index in [2.05, 4.69) is 16.3 Å². The highest BCUT2D eigenvalue weighted by atomic mass is 16.5. The number of likely N-dealkylation sites (tertiary alicyclic amines) is 1. The summed E-state index contributed by atoms with van der Waals surface area (Å²) in [6.07, 6.45) is 4.25. The van der Waals surface area contributed by atoms with Crippen LogP contribution < -0.4 is 5.32 Å². The van der Waals surface area contributed by atoms with E-state index in [9.17, 15) is 4.79 Å². The van der Waals surface area contributed by atoms with E-state index in [0.717, 1.165) is 37.5 Å². The van der Waals surface area contributed by atoms with Gasteiger partial charge in [0.15, 0.2) is 0 Å². The summed E-state index contributed by atoms with van der Waals surface area (Å²) < 4.78 is 10.3. The molecule has 2 heterocycles. The highest BCUT2D eigenvalue weighted by molar-refractivity contribution is 5.89. The number of methoxy groups -OCH3 is 1. The molecule has 128 valence electrons. The molecule has 0 bridgehead atoms. The molecule has 5 heteroatoms. The molecule has 1 saturated heterocycles. The van der Waals surface area contributed by atoms with Gasteiger partial charge in [-0.1, -0.05) is 12.1 Å². The van der Waals surface area contributed by atoms with Crippen molar-refractivity contribution in [3.05, 3.63) is 59.5 Å². The minimum atomic E-state index is -0.304. The molecule has 1 aliphatic heterocycles. The quantitative estimate of drug-likeness (QED) is 0.792. The predicted octanol–water partition coefficient (Wildman–Crippen LogP) is 2.99. The number of carbonyl (C=O) groups excluding carboxylic acids is 1. The number of esters is 1. The third-order valence-electron chi connectivity index (χ3n) is 4.49. The van der Waals surface area contributed by atoms with Gasteiger partial charge in [0, 0.05) is 13.1 Å². The van der Waals surface area contributed by atoms with Gasteiger partial charge in [0.25, 0.3) is 0 Å². The number of hydrogen-bond donors (Lipinski definition) is 1. The summed E-state index contributed by atoms with van der Waals surface area (Å²) in [5.41, 5.74) is 1.72. The van der Waals surface area contributed by atoms with Crippen molar-refractivity contribution in [3.8, 4) is 0 Å². The number of nitrogens with zero attached hydrogens (tertiary/aromatic N) is 1. The molecule has 2 aromatic rings. The number of carbonyl (C=O) groups is 1. The van der Waals surface area contributed by atoms with Crippen molar-refractivity contribution < 1.29 is 13.9 Å². The largest absolute Gasteiger partial charge is 0.468 e. The Hall–Kier alpha value is -2.11. The van der Waals surface area contributed by atoms with Crippen LogP contribution in [-0.2, 0) is 11.3 Å². The van der Waals surface area contributed by atoms with Crippen molar-refractivity contribution >= 4 is 5.97 Å². The Labute approximate surface area is 142 Å². The molecule has 5 nitrogen and oxygen atoms in total. The van der Waals surface area contributed by atoms with Crippen LogP contribution in [0.5, 0.6) is 0 Å². The second kappa shape index (κ2) is 8.13. The van der Waals surface area contributed by atoms with Gasteiger partial charge in [0.05, 0.1) is 25.0 Å². The first-order valence-electron chi connectivity index (χ1n) is 8.43. The molecule has 0 amide bonds. The van der Waals surface area contributed by atoms with E-state index in [-0.39, 0.29) is 12.0 Å². The Morgan fingerprint density at radius 2 is 2.00 bits per heavy atom. The van der Waals surface area contributed by atoms with Crippen LogP contribution in [0.1, 0.15) is 40.6 Å². The van der Waals surface area contributed by atoms with Crippen LogP contribution in [0.3, 0.4) is 0 Å². The van der Waals surface area contributed by atoms with E-state index < -0.39 is 0 Å². The summed E-state index contributed by atoms with van der Waals surface area (Å²) >= 11 is 0. The SMILES string of the molecule is COC(=O)c1ccc(CNCC(c2ccco2)N2CCCC2)cc1. The van der Waals surface area contributed by atoms with E-state index >= 15 is 0 Å². The van der Waals surface area contributed by atoms with Gasteiger partial charge in [-0.15, -0.1) is 0 Å². The fraction of sp³-hybridized carbons (Fsp3) is 0.421. The van der Waals surface area contributed by atoms with Crippen LogP contribution in [0, 0.1) is 0 Å². The maximum Gasteiger partial charge on any atom is 0.337 e. The van der Waals surface area contributed by atoms with Gasteiger partial charge in [-0.25, -0.2) is 4.79 Å². The molecule has 1 fully saturated rings. The number of ether oxygens (including phenoxy) is 1. The van der Waals surface area contributed by atoms with E-state index in [0.29, 0.717) is 5.56 Å². The van der Waals surface area contributed by atoms with Gasteiger partial charge in [-0.05, 0) is 55.8 Å². The molecule has 0 spiro atoms. The lowest BCUT2D eigenvalue weighted by molar-refractivity contribution is 0.0600. The highest BCUT2D eigenvalue weighted by Gasteiger charge is 2.25. The Balaban J connectivity index is 1.56. The van der Waals surface area contributed by atoms with Crippen LogP contribution >= 0.6 is 0 Å². The zero-order valence-corrected chi connectivity index (χ0v) is 14.0. The molecule has 0 saturated carbocycles. The Morgan fingerprint density at radius 1 is 1.25 bits per heavy atom. The van der Waals surface area contributed by atoms with E-state index in [1.54, 1.807) is 18.4 Å². The molecule has 1 aliphatic rings. The number of benzene rings is 1. The van der Waals surface area contributed by atoms with E-state index in [1.807, 2.05) is 18.2 Å². The maximum atomic E-state index is 11.5. The summed E-state index contributed by atoms with van der Waals surface area (Å²) in [6, 6.07) is 11.8. The molecule has 1 atom stereocenters. The lowest BCUT2D eigenvalue weighted by Gasteiger charge is -2.26. The molecule has 0 radical (unpaired) electrons. The topological polar surface area (TPSA) is 54.7 Å². The fourth-order valence-electron chi connectivity index (χ4n) is 3.17. The molecule has 1 aromatic carbocycles. The van der Waals surface area contributed by atoms with Crippen molar-refractivity contribution in [3.63, 3.8) is 0 Å². The average Bonchev–Trinajstić information content (AvgIpc) is 3.32. The summed E-state index contributed by atoms with van der Waals surface area (Å²) in [6.45, 7) is 3.85. The van der Waals surface area contributed by atoms with Crippen molar-refractivity contribution in [2.45, 2.75) is 25.4 Å². The number of nitrogens with one attached hydrogen (secondary N) is 1. The first kappa shape index (κ1) is 16.7. The zero-order chi connectivity index (χ0) is 16.8.